The van der Waals surface area contributed by atoms with Gasteiger partial charge in [0.2, 0.25) is 0 Å². The minimum Gasteiger partial charge on any atom is -0.455 e. The number of quaternary nitrogens is 1. The summed E-state index contributed by atoms with van der Waals surface area (Å²) in [4.78, 5) is 27.4. The molecule has 0 aromatic carbocycles. The van der Waals surface area contributed by atoms with E-state index in [0.29, 0.717) is 30.3 Å². The van der Waals surface area contributed by atoms with Gasteiger partial charge in [-0.25, -0.2) is 4.79 Å². The predicted molar refractivity (Wildman–Crippen MR) is 125 cm³/mol. The first-order valence-electron chi connectivity index (χ1n) is 12.1. The van der Waals surface area contributed by atoms with Gasteiger partial charge < -0.3 is 24.3 Å². The fourth-order valence-corrected chi connectivity index (χ4v) is 3.46. The lowest BCUT2D eigenvalue weighted by Crippen LogP contribution is -2.47. The van der Waals surface area contributed by atoms with E-state index in [9.17, 15) is 14.7 Å². The Morgan fingerprint density at radius 3 is 2.34 bits per heavy atom. The number of carbonyl (C=O) groups is 2. The first-order valence-corrected chi connectivity index (χ1v) is 12.1. The molecule has 0 aliphatic carbocycles. The molecule has 0 fully saturated rings. The molecule has 4 N–H and O–H groups in total. The first-order chi connectivity index (χ1) is 15.3. The average Bonchev–Trinajstić information content (AvgIpc) is 2.73. The van der Waals surface area contributed by atoms with Crippen LogP contribution in [0.15, 0.2) is 12.2 Å². The average molecular weight is 460 g/mol. The van der Waals surface area contributed by atoms with Crippen LogP contribution < -0.4 is 5.90 Å². The summed E-state index contributed by atoms with van der Waals surface area (Å²) in [5, 5.41) is 19.7. The maximum absolute atomic E-state index is 12.4. The number of aliphatic hydroxyl groups is 2. The molecule has 0 saturated heterocycles. The van der Waals surface area contributed by atoms with E-state index in [1.165, 1.54) is 0 Å². The summed E-state index contributed by atoms with van der Waals surface area (Å²) in [5.74, 6) is 4.10. The zero-order valence-corrected chi connectivity index (χ0v) is 20.5. The van der Waals surface area contributed by atoms with E-state index in [4.69, 9.17) is 15.7 Å². The maximum Gasteiger partial charge on any atom is 0.362 e. The van der Waals surface area contributed by atoms with Crippen LogP contribution in [0.3, 0.4) is 0 Å². The highest BCUT2D eigenvalue weighted by atomic mass is 16.7. The van der Waals surface area contributed by atoms with Crippen molar-refractivity contribution in [3.05, 3.63) is 12.2 Å². The van der Waals surface area contributed by atoms with Crippen LogP contribution in [0.1, 0.15) is 84.0 Å². The van der Waals surface area contributed by atoms with Gasteiger partial charge in [-0.2, -0.15) is 5.90 Å². The minimum atomic E-state index is -0.720. The molecule has 0 spiro atoms. The van der Waals surface area contributed by atoms with Crippen LogP contribution in [0, 0.1) is 0 Å². The zero-order valence-electron chi connectivity index (χ0n) is 20.5. The molecule has 0 bridgehead atoms. The zero-order chi connectivity index (χ0) is 24.2. The molecule has 0 radical (unpaired) electrons. The Kier molecular flexibility index (Phi) is 18.2. The Hall–Kier alpha value is -1.48. The van der Waals surface area contributed by atoms with E-state index in [1.807, 2.05) is 20.2 Å². The molecular weight excluding hydrogens is 412 g/mol. The van der Waals surface area contributed by atoms with Crippen molar-refractivity contribution in [1.29, 1.82) is 0 Å². The van der Waals surface area contributed by atoms with Crippen LogP contribution in [0.2, 0.25) is 0 Å². The van der Waals surface area contributed by atoms with E-state index in [2.05, 4.69) is 17.8 Å². The number of nitrogens with zero attached hydrogens (tertiary/aromatic N) is 1. The summed E-state index contributed by atoms with van der Waals surface area (Å²) in [6, 6.07) is 0. The van der Waals surface area contributed by atoms with Crippen molar-refractivity contribution in [1.82, 2.24) is 0 Å². The van der Waals surface area contributed by atoms with Gasteiger partial charge >= 0.3 is 11.9 Å². The third-order valence-corrected chi connectivity index (χ3v) is 5.49. The molecule has 8 nitrogen and oxygen atoms in total. The Labute approximate surface area is 194 Å². The normalized spacial score (nSPS) is 13.8. The third kappa shape index (κ3) is 17.1. The molecule has 0 aliphatic rings. The van der Waals surface area contributed by atoms with Crippen LogP contribution in [-0.4, -0.2) is 72.6 Å². The van der Waals surface area contributed by atoms with Gasteiger partial charge in [-0.15, -0.1) is 0 Å². The fourth-order valence-electron chi connectivity index (χ4n) is 3.46. The molecule has 0 heterocycles. The summed E-state index contributed by atoms with van der Waals surface area (Å²) in [6.07, 6.45) is 13.2. The van der Waals surface area contributed by atoms with E-state index in [0.717, 1.165) is 57.8 Å². The molecule has 0 aromatic rings. The number of nitrogens with two attached hydrogens (primary N) is 1. The smallest absolute Gasteiger partial charge is 0.362 e. The van der Waals surface area contributed by atoms with Gasteiger partial charge in [0, 0.05) is 6.42 Å². The molecule has 2 unspecified atom stereocenters. The SMILES string of the molecule is CCCCCC(OC(=O)C[N+](C)(C)CCO)C(O)C/C=C\CCCCCCCC(=O)ON. The Bertz CT molecular complexity index is 525. The lowest BCUT2D eigenvalue weighted by molar-refractivity contribution is -0.883. The highest BCUT2D eigenvalue weighted by Gasteiger charge is 2.26. The number of unbranched alkanes of at least 4 members (excludes halogenated alkanes) is 7. The lowest BCUT2D eigenvalue weighted by atomic mass is 10.0. The number of hydrogen-bond acceptors (Lipinski definition) is 7. The van der Waals surface area contributed by atoms with Crippen LogP contribution in [0.4, 0.5) is 0 Å². The number of aliphatic hydroxyl groups excluding tert-OH is 2. The second kappa shape index (κ2) is 19.0. The van der Waals surface area contributed by atoms with Crippen molar-refractivity contribution < 1.29 is 33.9 Å². The first kappa shape index (κ1) is 30.5. The Morgan fingerprint density at radius 1 is 1.00 bits per heavy atom. The Morgan fingerprint density at radius 2 is 1.69 bits per heavy atom. The summed E-state index contributed by atoms with van der Waals surface area (Å²) >= 11 is 0. The number of carbonyl (C=O) groups excluding carboxylic acids is 2. The summed E-state index contributed by atoms with van der Waals surface area (Å²) < 4.78 is 5.99. The monoisotopic (exact) mass is 459 g/mol. The van der Waals surface area contributed by atoms with Crippen LogP contribution in [0.25, 0.3) is 0 Å². The van der Waals surface area contributed by atoms with Crippen LogP contribution in [-0.2, 0) is 19.2 Å². The molecular formula is C24H47N2O6+. The molecule has 0 aliphatic heterocycles. The van der Waals surface area contributed by atoms with Gasteiger partial charge in [-0.1, -0.05) is 51.2 Å². The second-order valence-corrected chi connectivity index (χ2v) is 9.14. The van der Waals surface area contributed by atoms with E-state index < -0.39 is 12.2 Å². The number of hydrogen-bond donors (Lipinski definition) is 3. The number of rotatable bonds is 20. The van der Waals surface area contributed by atoms with E-state index in [-0.39, 0.29) is 25.1 Å². The van der Waals surface area contributed by atoms with Crippen molar-refractivity contribution in [2.24, 2.45) is 5.90 Å². The van der Waals surface area contributed by atoms with E-state index in [1.54, 1.807) is 0 Å². The molecule has 0 rings (SSSR count). The number of allylic oxidation sites excluding steroid dienone is 1. The van der Waals surface area contributed by atoms with Crippen molar-refractivity contribution in [3.8, 4) is 0 Å². The topological polar surface area (TPSA) is 119 Å². The molecule has 188 valence electrons. The van der Waals surface area contributed by atoms with Gasteiger partial charge in [0.15, 0.2) is 6.54 Å². The number of ether oxygens (including phenoxy) is 1. The molecule has 0 saturated carbocycles. The third-order valence-electron chi connectivity index (χ3n) is 5.49. The molecule has 2 atom stereocenters. The molecule has 0 amide bonds. The number of esters is 1. The molecule has 0 aromatic heterocycles. The van der Waals surface area contributed by atoms with Crippen molar-refractivity contribution in [2.45, 2.75) is 96.2 Å². The Balaban J connectivity index is 4.29. The predicted octanol–water partition coefficient (Wildman–Crippen LogP) is 3.00. The van der Waals surface area contributed by atoms with Gasteiger partial charge in [0.1, 0.15) is 12.6 Å². The molecule has 8 heteroatoms. The minimum absolute atomic E-state index is 0.0105. The van der Waals surface area contributed by atoms with Crippen molar-refractivity contribution in [2.75, 3.05) is 33.8 Å². The summed E-state index contributed by atoms with van der Waals surface area (Å²) in [7, 11) is 3.74. The second-order valence-electron chi connectivity index (χ2n) is 9.14. The van der Waals surface area contributed by atoms with Gasteiger partial charge in [-0.05, 0) is 38.5 Å². The fraction of sp³-hybridized carbons (Fsp3) is 0.833. The van der Waals surface area contributed by atoms with Crippen LogP contribution in [0.5, 0.6) is 0 Å². The largest absolute Gasteiger partial charge is 0.455 e. The van der Waals surface area contributed by atoms with Crippen molar-refractivity contribution in [3.63, 3.8) is 0 Å². The highest BCUT2D eigenvalue weighted by molar-refractivity contribution is 5.70. The summed E-state index contributed by atoms with van der Waals surface area (Å²) in [6.45, 7) is 2.77. The molecule has 32 heavy (non-hydrogen) atoms. The summed E-state index contributed by atoms with van der Waals surface area (Å²) in [5.41, 5.74) is 0. The van der Waals surface area contributed by atoms with Gasteiger partial charge in [0.25, 0.3) is 0 Å². The maximum atomic E-state index is 12.4. The number of likely N-dealkylation sites (N-methyl/N-ethyl adjacent to an activating group) is 1. The van der Waals surface area contributed by atoms with Gasteiger partial charge in [-0.3, -0.25) is 4.79 Å². The van der Waals surface area contributed by atoms with E-state index >= 15 is 0 Å². The lowest BCUT2D eigenvalue weighted by Gasteiger charge is -2.29. The van der Waals surface area contributed by atoms with Gasteiger partial charge in [0.05, 0.1) is 26.8 Å². The van der Waals surface area contributed by atoms with Crippen LogP contribution >= 0.6 is 0 Å². The van der Waals surface area contributed by atoms with Crippen molar-refractivity contribution >= 4 is 11.9 Å². The highest BCUT2D eigenvalue weighted by Crippen LogP contribution is 2.15. The quantitative estimate of drug-likeness (QED) is 0.0842. The standard InChI is InChI=1S/C24H47N2O6/c1-4-5-12-16-22(31-24(30)20-26(2,3)18-19-27)21(28)15-13-10-8-6-7-9-11-14-17-23(29)32-25/h10,13,21-22,27-28H,4-9,11-12,14-20,25H2,1-3H3/q+1/b13-10-.